The number of hydrogen-bond acceptors (Lipinski definition) is 6. The minimum atomic E-state index is -1.63. The van der Waals surface area contributed by atoms with E-state index < -0.39 is 23.4 Å². The zero-order chi connectivity index (χ0) is 24.1. The smallest absolute Gasteiger partial charge is 0.309 e. The molecule has 0 unspecified atom stereocenters. The van der Waals surface area contributed by atoms with E-state index in [9.17, 15) is 14.3 Å². The van der Waals surface area contributed by atoms with Gasteiger partial charge in [-0.25, -0.2) is 8.78 Å². The molecule has 4 rings (SSSR count). The Bertz CT molecular complexity index is 1120. The van der Waals surface area contributed by atoms with Gasteiger partial charge >= 0.3 is 5.97 Å². The van der Waals surface area contributed by atoms with Crippen molar-refractivity contribution in [2.45, 2.75) is 36.1 Å². The highest BCUT2D eigenvalue weighted by atomic mass is 32.2. The Morgan fingerprint density at radius 1 is 1.35 bits per heavy atom. The van der Waals surface area contributed by atoms with E-state index >= 15 is 4.39 Å². The van der Waals surface area contributed by atoms with Gasteiger partial charge in [-0.05, 0) is 68.4 Å². The Labute approximate surface area is 206 Å². The SMILES string of the molecule is COc1ccc2ncc(F)c([C@@H](F)CCC3(C(=O)O)CCN(CCSc4cccs4)CC3)c2c1. The van der Waals surface area contributed by atoms with Gasteiger partial charge in [0.2, 0.25) is 0 Å². The van der Waals surface area contributed by atoms with Gasteiger partial charge in [0, 0.05) is 23.2 Å². The van der Waals surface area contributed by atoms with Gasteiger partial charge in [0.05, 0.1) is 28.4 Å². The number of thioether (sulfide) groups is 1. The lowest BCUT2D eigenvalue weighted by molar-refractivity contribution is -0.153. The van der Waals surface area contributed by atoms with E-state index in [4.69, 9.17) is 4.74 Å². The molecule has 1 N–H and O–H groups in total. The quantitative estimate of drug-likeness (QED) is 0.331. The third-order valence-corrected chi connectivity index (χ3v) is 8.78. The fourth-order valence-electron chi connectivity index (χ4n) is 4.56. The molecule has 2 aromatic heterocycles. The molecule has 0 saturated carbocycles. The van der Waals surface area contributed by atoms with E-state index in [1.54, 1.807) is 41.3 Å². The van der Waals surface area contributed by atoms with Crippen molar-refractivity contribution in [2.75, 3.05) is 32.5 Å². The molecular weight excluding hydrogens is 478 g/mol. The predicted molar refractivity (Wildman–Crippen MR) is 132 cm³/mol. The number of rotatable bonds is 10. The van der Waals surface area contributed by atoms with Crippen LogP contribution in [0.25, 0.3) is 10.9 Å². The first-order valence-electron chi connectivity index (χ1n) is 11.3. The van der Waals surface area contributed by atoms with Gasteiger partial charge < -0.3 is 14.7 Å². The fraction of sp³-hybridized carbons (Fsp3) is 0.440. The molecular formula is C25H28F2N2O3S2. The first-order valence-corrected chi connectivity index (χ1v) is 13.2. The summed E-state index contributed by atoms with van der Waals surface area (Å²) >= 11 is 3.52. The number of fused-ring (bicyclic) bond motifs is 1. The van der Waals surface area contributed by atoms with Crippen molar-refractivity contribution in [1.82, 2.24) is 9.88 Å². The number of carboxylic acids is 1. The average Bonchev–Trinajstić information content (AvgIpc) is 3.36. The third kappa shape index (κ3) is 5.53. The molecule has 9 heteroatoms. The molecule has 182 valence electrons. The van der Waals surface area contributed by atoms with Crippen LogP contribution in [0.4, 0.5) is 8.78 Å². The normalized spacial score (nSPS) is 17.0. The summed E-state index contributed by atoms with van der Waals surface area (Å²) in [5, 5.41) is 12.4. The summed E-state index contributed by atoms with van der Waals surface area (Å²) < 4.78 is 36.5. The number of halogens is 2. The number of methoxy groups -OCH3 is 1. The Kier molecular flexibility index (Phi) is 8.06. The standard InChI is InChI=1S/C25H28F2N2O3S2/c1-32-17-4-5-21-18(15-17)23(20(27)16-28-21)19(26)6-7-25(24(30)31)8-10-29(11-9-25)12-14-34-22-3-2-13-33-22/h2-5,13,15-16,19H,6-12,14H2,1H3,(H,30,31)/t19-/m0/s1. The predicted octanol–water partition coefficient (Wildman–Crippen LogP) is 6.19. The number of nitrogens with zero attached hydrogens (tertiary/aromatic N) is 2. The fourth-order valence-corrected chi connectivity index (χ4v) is 6.42. The summed E-state index contributed by atoms with van der Waals surface area (Å²) in [6, 6.07) is 9.06. The van der Waals surface area contributed by atoms with E-state index in [-0.39, 0.29) is 18.4 Å². The first kappa shape index (κ1) is 24.9. The number of alkyl halides is 1. The molecule has 34 heavy (non-hydrogen) atoms. The average molecular weight is 507 g/mol. The number of pyridine rings is 1. The number of piperidine rings is 1. The molecule has 1 aliphatic rings. The van der Waals surface area contributed by atoms with E-state index in [1.807, 2.05) is 6.07 Å². The topological polar surface area (TPSA) is 62.7 Å². The molecule has 3 heterocycles. The lowest BCUT2D eigenvalue weighted by Gasteiger charge is -2.39. The number of aromatic nitrogens is 1. The molecule has 0 bridgehead atoms. The maximum absolute atomic E-state index is 15.4. The zero-order valence-corrected chi connectivity index (χ0v) is 20.6. The molecule has 1 aliphatic heterocycles. The van der Waals surface area contributed by atoms with Crippen molar-refractivity contribution in [3.63, 3.8) is 0 Å². The van der Waals surface area contributed by atoms with Crippen molar-refractivity contribution in [1.29, 1.82) is 0 Å². The van der Waals surface area contributed by atoms with Gasteiger partial charge in [-0.2, -0.15) is 0 Å². The summed E-state index contributed by atoms with van der Waals surface area (Å²) in [5.74, 6) is -0.185. The van der Waals surface area contributed by atoms with Crippen LogP contribution in [0, 0.1) is 11.2 Å². The molecule has 0 radical (unpaired) electrons. The maximum atomic E-state index is 15.4. The lowest BCUT2D eigenvalue weighted by Crippen LogP contribution is -2.45. The second-order valence-corrected chi connectivity index (χ2v) is 11.0. The number of likely N-dealkylation sites (tertiary alicyclic amines) is 1. The van der Waals surface area contributed by atoms with E-state index in [2.05, 4.69) is 21.3 Å². The number of aliphatic carboxylic acids is 1. The Balaban J connectivity index is 1.39. The number of thiophene rings is 1. The van der Waals surface area contributed by atoms with E-state index in [1.165, 1.54) is 11.3 Å². The van der Waals surface area contributed by atoms with Crippen LogP contribution in [0.2, 0.25) is 0 Å². The minimum Gasteiger partial charge on any atom is -0.497 e. The van der Waals surface area contributed by atoms with Crippen LogP contribution >= 0.6 is 23.1 Å². The highest BCUT2D eigenvalue weighted by Gasteiger charge is 2.41. The van der Waals surface area contributed by atoms with Crippen LogP contribution < -0.4 is 4.74 Å². The molecule has 1 fully saturated rings. The molecule has 0 amide bonds. The summed E-state index contributed by atoms with van der Waals surface area (Å²) in [6.45, 7) is 2.22. The maximum Gasteiger partial charge on any atom is 0.309 e. The van der Waals surface area contributed by atoms with Gasteiger partial charge in [0.15, 0.2) is 0 Å². The largest absolute Gasteiger partial charge is 0.497 e. The van der Waals surface area contributed by atoms with Crippen LogP contribution in [-0.2, 0) is 4.79 Å². The summed E-state index contributed by atoms with van der Waals surface area (Å²) in [6.07, 6.45) is 0.422. The monoisotopic (exact) mass is 506 g/mol. The Hall–Kier alpha value is -2.23. The highest BCUT2D eigenvalue weighted by molar-refractivity contribution is 8.01. The number of carbonyl (C=O) groups is 1. The second kappa shape index (κ2) is 11.0. The Morgan fingerprint density at radius 2 is 2.15 bits per heavy atom. The minimum absolute atomic E-state index is 0.0617. The van der Waals surface area contributed by atoms with Crippen LogP contribution in [0.3, 0.4) is 0 Å². The Morgan fingerprint density at radius 3 is 2.82 bits per heavy atom. The van der Waals surface area contributed by atoms with Crippen LogP contribution in [0.5, 0.6) is 5.75 Å². The van der Waals surface area contributed by atoms with Gasteiger partial charge in [-0.1, -0.05) is 6.07 Å². The van der Waals surface area contributed by atoms with Gasteiger partial charge in [-0.15, -0.1) is 23.1 Å². The lowest BCUT2D eigenvalue weighted by atomic mass is 9.74. The molecule has 3 aromatic rings. The van der Waals surface area contributed by atoms with Crippen LogP contribution in [0.1, 0.15) is 37.4 Å². The van der Waals surface area contributed by atoms with Crippen molar-refractivity contribution < 1.29 is 23.4 Å². The molecule has 0 spiro atoms. The van der Waals surface area contributed by atoms with Crippen LogP contribution in [0.15, 0.2) is 46.1 Å². The zero-order valence-electron chi connectivity index (χ0n) is 19.0. The highest BCUT2D eigenvalue weighted by Crippen LogP contribution is 2.41. The van der Waals surface area contributed by atoms with Crippen molar-refractivity contribution in [2.24, 2.45) is 5.41 Å². The number of ether oxygens (including phenoxy) is 1. The molecule has 0 aliphatic carbocycles. The van der Waals surface area contributed by atoms with E-state index in [0.29, 0.717) is 42.6 Å². The number of benzene rings is 1. The molecule has 1 saturated heterocycles. The first-order chi connectivity index (χ1) is 16.4. The number of carboxylic acid groups (broad SMARTS) is 1. The third-order valence-electron chi connectivity index (χ3n) is 6.67. The molecule has 1 atom stereocenters. The van der Waals surface area contributed by atoms with Gasteiger partial charge in [0.25, 0.3) is 0 Å². The van der Waals surface area contributed by atoms with Crippen molar-refractivity contribution >= 4 is 40.0 Å². The van der Waals surface area contributed by atoms with Gasteiger partial charge in [0.1, 0.15) is 17.7 Å². The van der Waals surface area contributed by atoms with Crippen LogP contribution in [-0.4, -0.2) is 53.5 Å². The summed E-state index contributed by atoms with van der Waals surface area (Å²) in [5.41, 5.74) is -0.590. The number of hydrogen-bond donors (Lipinski definition) is 1. The van der Waals surface area contributed by atoms with Crippen molar-refractivity contribution in [3.8, 4) is 5.75 Å². The molecule has 5 nitrogen and oxygen atoms in total. The molecule has 1 aromatic carbocycles. The van der Waals surface area contributed by atoms with E-state index in [0.717, 1.165) is 18.5 Å². The van der Waals surface area contributed by atoms with Crippen molar-refractivity contribution in [3.05, 3.63) is 53.3 Å². The second-order valence-electron chi connectivity index (χ2n) is 8.62. The van der Waals surface area contributed by atoms with Gasteiger partial charge in [-0.3, -0.25) is 9.78 Å². The summed E-state index contributed by atoms with van der Waals surface area (Å²) in [4.78, 5) is 18.5. The summed E-state index contributed by atoms with van der Waals surface area (Å²) in [7, 11) is 1.49.